The average Bonchev–Trinajstić information content (AvgIpc) is 2.40. The highest BCUT2D eigenvalue weighted by Crippen LogP contribution is 2.08. The summed E-state index contributed by atoms with van der Waals surface area (Å²) >= 11 is 0. The molecule has 19 heavy (non-hydrogen) atoms. The lowest BCUT2D eigenvalue weighted by Gasteiger charge is -2.26. The molecule has 5 heteroatoms. The first-order valence-electron chi connectivity index (χ1n) is 6.62. The Morgan fingerprint density at radius 2 is 1.79 bits per heavy atom. The third-order valence-electron chi connectivity index (χ3n) is 3.34. The van der Waals surface area contributed by atoms with E-state index in [-0.39, 0.29) is 18.3 Å². The first-order valence-corrected chi connectivity index (χ1v) is 6.62. The molecule has 1 aliphatic heterocycles. The molecule has 0 bridgehead atoms. The molecule has 2 rings (SSSR count). The number of carbonyl (C=O) groups excluding carboxylic acids is 1. The maximum absolute atomic E-state index is 11.8. The molecule has 0 saturated carbocycles. The number of carbonyl (C=O) groups is 1. The van der Waals surface area contributed by atoms with Crippen molar-refractivity contribution in [1.82, 2.24) is 10.2 Å². The number of likely N-dealkylation sites (tertiary alicyclic amines) is 1. The van der Waals surface area contributed by atoms with Crippen LogP contribution in [0.1, 0.15) is 29.6 Å². The minimum Gasteiger partial charge on any atom is -0.399 e. The lowest BCUT2D eigenvalue weighted by Crippen LogP contribution is -2.37. The van der Waals surface area contributed by atoms with E-state index in [1.165, 1.54) is 19.3 Å². The smallest absolute Gasteiger partial charge is 0.251 e. The van der Waals surface area contributed by atoms with Crippen LogP contribution < -0.4 is 11.1 Å². The SMILES string of the molecule is Cl.Nc1ccc(C(=O)NCCN2CCCCC2)cc1. The fourth-order valence-electron chi connectivity index (χ4n) is 2.25. The molecule has 3 N–H and O–H groups in total. The van der Waals surface area contributed by atoms with Crippen LogP contribution in [-0.4, -0.2) is 37.0 Å². The molecule has 0 unspecified atom stereocenters. The third-order valence-corrected chi connectivity index (χ3v) is 3.34. The van der Waals surface area contributed by atoms with E-state index >= 15 is 0 Å². The summed E-state index contributed by atoms with van der Waals surface area (Å²) in [5.74, 6) is -0.0213. The second kappa shape index (κ2) is 8.02. The van der Waals surface area contributed by atoms with E-state index in [9.17, 15) is 4.79 Å². The van der Waals surface area contributed by atoms with E-state index in [1.54, 1.807) is 24.3 Å². The van der Waals surface area contributed by atoms with E-state index in [4.69, 9.17) is 5.73 Å². The normalized spacial score (nSPS) is 15.6. The van der Waals surface area contributed by atoms with Gasteiger partial charge in [-0.3, -0.25) is 4.79 Å². The van der Waals surface area contributed by atoms with Gasteiger partial charge >= 0.3 is 0 Å². The Kier molecular flexibility index (Phi) is 6.67. The number of rotatable bonds is 4. The standard InChI is InChI=1S/C14H21N3O.ClH/c15-13-6-4-12(5-7-13)14(18)16-8-11-17-9-2-1-3-10-17;/h4-7H,1-3,8-11,15H2,(H,16,18);1H. The molecule has 0 aromatic heterocycles. The van der Waals surface area contributed by atoms with Gasteiger partial charge in [-0.2, -0.15) is 0 Å². The number of amides is 1. The summed E-state index contributed by atoms with van der Waals surface area (Å²) in [6.45, 7) is 3.99. The molecule has 4 nitrogen and oxygen atoms in total. The Hall–Kier alpha value is -1.26. The second-order valence-electron chi connectivity index (χ2n) is 4.78. The van der Waals surface area contributed by atoms with E-state index in [0.717, 1.165) is 19.6 Å². The predicted octanol–water partition coefficient (Wildman–Crippen LogP) is 1.91. The summed E-state index contributed by atoms with van der Waals surface area (Å²) in [5, 5.41) is 2.94. The molecule has 0 aliphatic carbocycles. The molecule has 1 fully saturated rings. The van der Waals surface area contributed by atoms with Crippen molar-refractivity contribution in [3.63, 3.8) is 0 Å². The average molecular weight is 284 g/mol. The molecule has 1 heterocycles. The van der Waals surface area contributed by atoms with Gasteiger partial charge in [-0.15, -0.1) is 12.4 Å². The van der Waals surface area contributed by atoms with Crippen LogP contribution in [0.2, 0.25) is 0 Å². The highest BCUT2D eigenvalue weighted by atomic mass is 35.5. The molecule has 1 aliphatic rings. The van der Waals surface area contributed by atoms with Gasteiger partial charge in [0.25, 0.3) is 5.91 Å². The topological polar surface area (TPSA) is 58.4 Å². The highest BCUT2D eigenvalue weighted by molar-refractivity contribution is 5.94. The van der Waals surface area contributed by atoms with Gasteiger partial charge in [0.1, 0.15) is 0 Å². The van der Waals surface area contributed by atoms with Crippen molar-refractivity contribution >= 4 is 24.0 Å². The van der Waals surface area contributed by atoms with Crippen LogP contribution in [-0.2, 0) is 0 Å². The number of nitrogens with one attached hydrogen (secondary N) is 1. The maximum atomic E-state index is 11.8. The minimum absolute atomic E-state index is 0. The zero-order chi connectivity index (χ0) is 12.8. The molecule has 106 valence electrons. The molecule has 1 saturated heterocycles. The molecular weight excluding hydrogens is 262 g/mol. The summed E-state index contributed by atoms with van der Waals surface area (Å²) in [7, 11) is 0. The number of halogens is 1. The van der Waals surface area contributed by atoms with Gasteiger partial charge in [-0.05, 0) is 50.2 Å². The quantitative estimate of drug-likeness (QED) is 0.830. The zero-order valence-corrected chi connectivity index (χ0v) is 11.9. The van der Waals surface area contributed by atoms with Crippen LogP contribution in [0.3, 0.4) is 0 Å². The van der Waals surface area contributed by atoms with Crippen LogP contribution in [0.5, 0.6) is 0 Å². The maximum Gasteiger partial charge on any atom is 0.251 e. The number of hydrogen-bond acceptors (Lipinski definition) is 3. The summed E-state index contributed by atoms with van der Waals surface area (Å²) in [5.41, 5.74) is 6.94. The van der Waals surface area contributed by atoms with Gasteiger partial charge < -0.3 is 16.0 Å². The molecule has 0 atom stereocenters. The Morgan fingerprint density at radius 1 is 1.16 bits per heavy atom. The number of anilines is 1. The number of hydrogen-bond donors (Lipinski definition) is 2. The van der Waals surface area contributed by atoms with Crippen molar-refractivity contribution in [3.8, 4) is 0 Å². The van der Waals surface area contributed by atoms with E-state index in [1.807, 2.05) is 0 Å². The number of nitrogens with two attached hydrogens (primary N) is 1. The zero-order valence-electron chi connectivity index (χ0n) is 11.1. The van der Waals surface area contributed by atoms with E-state index < -0.39 is 0 Å². The van der Waals surface area contributed by atoms with Crippen molar-refractivity contribution < 1.29 is 4.79 Å². The summed E-state index contributed by atoms with van der Waals surface area (Å²) in [6.07, 6.45) is 3.91. The van der Waals surface area contributed by atoms with Crippen molar-refractivity contribution in [2.45, 2.75) is 19.3 Å². The van der Waals surface area contributed by atoms with Crippen LogP contribution in [0.15, 0.2) is 24.3 Å². The summed E-state index contributed by atoms with van der Waals surface area (Å²) in [4.78, 5) is 14.2. The molecule has 0 radical (unpaired) electrons. The van der Waals surface area contributed by atoms with Crippen LogP contribution in [0.4, 0.5) is 5.69 Å². The van der Waals surface area contributed by atoms with Crippen molar-refractivity contribution in [2.24, 2.45) is 0 Å². The lowest BCUT2D eigenvalue weighted by molar-refractivity contribution is 0.0946. The van der Waals surface area contributed by atoms with Crippen molar-refractivity contribution in [1.29, 1.82) is 0 Å². The Bertz CT molecular complexity index is 388. The van der Waals surface area contributed by atoms with Gasteiger partial charge in [0.15, 0.2) is 0 Å². The molecule has 0 spiro atoms. The Balaban J connectivity index is 0.00000180. The Labute approximate surface area is 120 Å². The number of piperidine rings is 1. The van der Waals surface area contributed by atoms with E-state index in [2.05, 4.69) is 10.2 Å². The fourth-order valence-corrected chi connectivity index (χ4v) is 2.25. The van der Waals surface area contributed by atoms with Crippen molar-refractivity contribution in [2.75, 3.05) is 31.9 Å². The molecule has 1 aromatic carbocycles. The van der Waals surface area contributed by atoms with Gasteiger partial charge in [0, 0.05) is 24.3 Å². The lowest BCUT2D eigenvalue weighted by atomic mass is 10.1. The van der Waals surface area contributed by atoms with Crippen molar-refractivity contribution in [3.05, 3.63) is 29.8 Å². The van der Waals surface area contributed by atoms with Crippen LogP contribution in [0, 0.1) is 0 Å². The molecule has 1 aromatic rings. The Morgan fingerprint density at radius 3 is 2.42 bits per heavy atom. The number of nitrogens with zero attached hydrogens (tertiary/aromatic N) is 1. The van der Waals surface area contributed by atoms with Crippen LogP contribution >= 0.6 is 12.4 Å². The molecular formula is C14H22ClN3O. The van der Waals surface area contributed by atoms with Crippen LogP contribution in [0.25, 0.3) is 0 Å². The van der Waals surface area contributed by atoms with Gasteiger partial charge in [0.05, 0.1) is 0 Å². The third kappa shape index (κ3) is 5.09. The fraction of sp³-hybridized carbons (Fsp3) is 0.500. The van der Waals surface area contributed by atoms with Gasteiger partial charge in [-0.1, -0.05) is 6.42 Å². The monoisotopic (exact) mass is 283 g/mol. The number of benzene rings is 1. The van der Waals surface area contributed by atoms with Gasteiger partial charge in [-0.25, -0.2) is 0 Å². The largest absolute Gasteiger partial charge is 0.399 e. The second-order valence-corrected chi connectivity index (χ2v) is 4.78. The van der Waals surface area contributed by atoms with E-state index in [0.29, 0.717) is 17.8 Å². The minimum atomic E-state index is -0.0213. The van der Waals surface area contributed by atoms with Gasteiger partial charge in [0.2, 0.25) is 0 Å². The summed E-state index contributed by atoms with van der Waals surface area (Å²) in [6, 6.07) is 7.01. The predicted molar refractivity (Wildman–Crippen MR) is 80.7 cm³/mol. The first-order chi connectivity index (χ1) is 8.75. The molecule has 1 amide bonds. The highest BCUT2D eigenvalue weighted by Gasteiger charge is 2.10. The summed E-state index contributed by atoms with van der Waals surface area (Å²) < 4.78 is 0. The number of nitrogen functional groups attached to an aromatic ring is 1. The first kappa shape index (κ1) is 15.8.